The van der Waals surface area contributed by atoms with Crippen LogP contribution in [0.25, 0.3) is 0 Å². The van der Waals surface area contributed by atoms with Gasteiger partial charge in [0, 0.05) is 37.4 Å². The van der Waals surface area contributed by atoms with E-state index < -0.39 is 47.0 Å². The highest BCUT2D eigenvalue weighted by atomic mass is 19.4. The lowest BCUT2D eigenvalue weighted by Crippen LogP contribution is -2.49. The molecule has 13 heteroatoms. The Morgan fingerprint density at radius 1 is 1.18 bits per heavy atom. The molecule has 0 saturated carbocycles. The Hall–Kier alpha value is -3.09. The Balaban J connectivity index is 1.55. The predicted octanol–water partition coefficient (Wildman–Crippen LogP) is 2.38. The van der Waals surface area contributed by atoms with Crippen LogP contribution in [0.15, 0.2) is 12.1 Å². The van der Waals surface area contributed by atoms with Crippen LogP contribution >= 0.6 is 0 Å². The number of benzene rings is 1. The Morgan fingerprint density at radius 3 is 2.56 bits per heavy atom. The van der Waals surface area contributed by atoms with Crippen molar-refractivity contribution in [1.82, 2.24) is 19.7 Å². The minimum atomic E-state index is -4.67. The van der Waals surface area contributed by atoms with Gasteiger partial charge in [-0.3, -0.25) is 9.59 Å². The third-order valence-electron chi connectivity index (χ3n) is 6.77. The SMILES string of the molecule is NC(CC(=O)N1CCn2c(nnc2C(F)(F)F)C1)C1(CCC(=O)O)CCc2cc(F)c(F)cc21. The number of carbonyl (C=O) groups excluding carboxylic acids is 1. The molecule has 2 aromatic rings. The van der Waals surface area contributed by atoms with Crippen LogP contribution < -0.4 is 5.73 Å². The van der Waals surface area contributed by atoms with Gasteiger partial charge in [-0.15, -0.1) is 10.2 Å². The zero-order chi connectivity index (χ0) is 24.8. The molecule has 3 N–H and O–H groups in total. The molecule has 184 valence electrons. The van der Waals surface area contributed by atoms with Gasteiger partial charge < -0.3 is 20.3 Å². The highest BCUT2D eigenvalue weighted by Crippen LogP contribution is 2.46. The summed E-state index contributed by atoms with van der Waals surface area (Å²) in [7, 11) is 0. The number of fused-ring (bicyclic) bond motifs is 2. The minimum absolute atomic E-state index is 0.00940. The zero-order valence-corrected chi connectivity index (χ0v) is 17.9. The second-order valence-corrected chi connectivity index (χ2v) is 8.69. The molecule has 1 amide bonds. The molecule has 1 aromatic heterocycles. The number of nitrogens with two attached hydrogens (primary N) is 1. The van der Waals surface area contributed by atoms with E-state index in [4.69, 9.17) is 5.73 Å². The van der Waals surface area contributed by atoms with Crippen molar-refractivity contribution in [2.75, 3.05) is 6.54 Å². The number of aryl methyl sites for hydroxylation is 1. The molecule has 4 rings (SSSR count). The fraction of sp³-hybridized carbons (Fsp3) is 0.524. The number of rotatable bonds is 6. The third kappa shape index (κ3) is 4.24. The van der Waals surface area contributed by atoms with Crippen molar-refractivity contribution in [3.63, 3.8) is 0 Å². The molecule has 0 radical (unpaired) electrons. The van der Waals surface area contributed by atoms with E-state index in [2.05, 4.69) is 10.2 Å². The summed E-state index contributed by atoms with van der Waals surface area (Å²) in [6.45, 7) is -0.346. The average Bonchev–Trinajstić information content (AvgIpc) is 3.34. The van der Waals surface area contributed by atoms with Gasteiger partial charge in [-0.1, -0.05) is 0 Å². The number of carbonyl (C=O) groups is 2. The number of hydrogen-bond donors (Lipinski definition) is 2. The van der Waals surface area contributed by atoms with Crippen molar-refractivity contribution >= 4 is 11.9 Å². The molecule has 2 atom stereocenters. The van der Waals surface area contributed by atoms with Crippen molar-refractivity contribution in [3.8, 4) is 0 Å². The quantitative estimate of drug-likeness (QED) is 0.605. The fourth-order valence-electron chi connectivity index (χ4n) is 5.00. The van der Waals surface area contributed by atoms with Gasteiger partial charge in [0.2, 0.25) is 11.7 Å². The van der Waals surface area contributed by atoms with Gasteiger partial charge in [-0.25, -0.2) is 8.78 Å². The Kier molecular flexibility index (Phi) is 6.08. The summed E-state index contributed by atoms with van der Waals surface area (Å²) in [5.74, 6) is -4.80. The van der Waals surface area contributed by atoms with E-state index in [-0.39, 0.29) is 44.7 Å². The normalized spacial score (nSPS) is 20.7. The van der Waals surface area contributed by atoms with Gasteiger partial charge in [0.05, 0.1) is 6.54 Å². The molecule has 1 aliphatic carbocycles. The average molecular weight is 487 g/mol. The van der Waals surface area contributed by atoms with Crippen LogP contribution in [-0.2, 0) is 40.7 Å². The molecule has 34 heavy (non-hydrogen) atoms. The molecule has 1 aromatic carbocycles. The number of carboxylic acids is 1. The van der Waals surface area contributed by atoms with Crippen molar-refractivity contribution in [1.29, 1.82) is 0 Å². The summed E-state index contributed by atoms with van der Waals surface area (Å²) in [5, 5.41) is 15.9. The largest absolute Gasteiger partial charge is 0.481 e. The molecule has 0 spiro atoms. The monoisotopic (exact) mass is 487 g/mol. The van der Waals surface area contributed by atoms with E-state index in [0.717, 1.165) is 16.7 Å². The Morgan fingerprint density at radius 2 is 1.88 bits per heavy atom. The van der Waals surface area contributed by atoms with E-state index in [9.17, 15) is 36.6 Å². The maximum atomic E-state index is 14.1. The summed E-state index contributed by atoms with van der Waals surface area (Å²) in [4.78, 5) is 25.6. The summed E-state index contributed by atoms with van der Waals surface area (Å²) in [6.07, 6.45) is -4.51. The second kappa shape index (κ2) is 8.60. The van der Waals surface area contributed by atoms with Crippen LogP contribution in [0.3, 0.4) is 0 Å². The third-order valence-corrected chi connectivity index (χ3v) is 6.77. The van der Waals surface area contributed by atoms with E-state index in [1.54, 1.807) is 0 Å². The van der Waals surface area contributed by atoms with Crippen molar-refractivity contribution in [3.05, 3.63) is 46.5 Å². The predicted molar refractivity (Wildman–Crippen MR) is 106 cm³/mol. The van der Waals surface area contributed by atoms with Crippen LogP contribution in [0.1, 0.15) is 48.5 Å². The maximum Gasteiger partial charge on any atom is 0.451 e. The second-order valence-electron chi connectivity index (χ2n) is 8.69. The van der Waals surface area contributed by atoms with E-state index in [0.29, 0.717) is 24.0 Å². The fourth-order valence-corrected chi connectivity index (χ4v) is 5.00. The molecule has 2 aliphatic rings. The highest BCUT2D eigenvalue weighted by Gasteiger charge is 2.46. The summed E-state index contributed by atoms with van der Waals surface area (Å²) >= 11 is 0. The molecule has 0 fully saturated rings. The van der Waals surface area contributed by atoms with Gasteiger partial charge in [0.1, 0.15) is 0 Å². The van der Waals surface area contributed by atoms with Crippen LogP contribution in [-0.4, -0.2) is 49.2 Å². The molecule has 8 nitrogen and oxygen atoms in total. The smallest absolute Gasteiger partial charge is 0.451 e. The number of aromatic nitrogens is 3. The number of alkyl halides is 3. The molecule has 0 saturated heterocycles. The molecule has 2 unspecified atom stereocenters. The lowest BCUT2D eigenvalue weighted by atomic mass is 9.71. The first kappa shape index (κ1) is 24.0. The first-order valence-electron chi connectivity index (χ1n) is 10.6. The number of carboxylic acid groups (broad SMARTS) is 1. The van der Waals surface area contributed by atoms with Gasteiger partial charge in [-0.2, -0.15) is 13.2 Å². The van der Waals surface area contributed by atoms with Crippen molar-refractivity contribution in [2.24, 2.45) is 5.73 Å². The van der Waals surface area contributed by atoms with E-state index >= 15 is 0 Å². The molecule has 0 bridgehead atoms. The first-order valence-corrected chi connectivity index (χ1v) is 10.6. The van der Waals surface area contributed by atoms with Gasteiger partial charge in [0.25, 0.3) is 0 Å². The van der Waals surface area contributed by atoms with Crippen LogP contribution in [0.2, 0.25) is 0 Å². The van der Waals surface area contributed by atoms with Crippen LogP contribution in [0.5, 0.6) is 0 Å². The first-order chi connectivity index (χ1) is 15.9. The summed E-state index contributed by atoms with van der Waals surface area (Å²) in [5.41, 5.74) is 6.27. The number of nitrogens with zero attached hydrogens (tertiary/aromatic N) is 4. The van der Waals surface area contributed by atoms with Crippen molar-refractivity contribution in [2.45, 2.75) is 62.8 Å². The Bertz CT molecular complexity index is 1130. The number of halogens is 5. The van der Waals surface area contributed by atoms with E-state index in [1.807, 2.05) is 0 Å². The van der Waals surface area contributed by atoms with Gasteiger partial charge in [0.15, 0.2) is 17.5 Å². The lowest BCUT2D eigenvalue weighted by molar-refractivity contribution is -0.148. The van der Waals surface area contributed by atoms with E-state index in [1.165, 1.54) is 4.90 Å². The topological polar surface area (TPSA) is 114 Å². The standard InChI is InChI=1S/C21H22F5N5O3/c22-13-7-11-1-3-20(4-2-18(33)34,12(11)8-14(13)23)15(27)9-17(32)30-5-6-31-16(10-30)28-29-19(31)21(24,25)26/h7-8,15H,1-6,9-10,27H2,(H,33,34). The lowest BCUT2D eigenvalue weighted by Gasteiger charge is -2.37. The van der Waals surface area contributed by atoms with Gasteiger partial charge >= 0.3 is 12.1 Å². The van der Waals surface area contributed by atoms with Crippen LogP contribution in [0, 0.1) is 11.6 Å². The minimum Gasteiger partial charge on any atom is -0.481 e. The Labute approximate surface area is 190 Å². The molecular weight excluding hydrogens is 465 g/mol. The van der Waals surface area contributed by atoms with Crippen molar-refractivity contribution < 1.29 is 36.6 Å². The molecule has 2 heterocycles. The zero-order valence-electron chi connectivity index (χ0n) is 17.9. The van der Waals surface area contributed by atoms with Gasteiger partial charge in [-0.05, 0) is 42.5 Å². The highest BCUT2D eigenvalue weighted by molar-refractivity contribution is 5.77. The van der Waals surface area contributed by atoms with Crippen LogP contribution in [0.4, 0.5) is 22.0 Å². The summed E-state index contributed by atoms with van der Waals surface area (Å²) < 4.78 is 67.9. The number of aliphatic carboxylic acids is 1. The summed E-state index contributed by atoms with van der Waals surface area (Å²) in [6, 6.07) is 1.17. The molecule has 1 aliphatic heterocycles. The molecular formula is C21H22F5N5O3. The maximum absolute atomic E-state index is 14.1. The number of amides is 1. The number of hydrogen-bond acceptors (Lipinski definition) is 5.